The Hall–Kier alpha value is -2.48. The average molecular weight is 372 g/mol. The predicted molar refractivity (Wildman–Crippen MR) is 103 cm³/mol. The van der Waals surface area contributed by atoms with E-state index >= 15 is 0 Å². The van der Waals surface area contributed by atoms with E-state index in [1.54, 1.807) is 11.9 Å². The zero-order valence-electron chi connectivity index (χ0n) is 15.8. The molecule has 2 aromatic heterocycles. The second-order valence-corrected chi connectivity index (χ2v) is 7.32. The minimum Gasteiger partial charge on any atom is -0.334 e. The lowest BCUT2D eigenvalue weighted by Crippen LogP contribution is -2.36. The van der Waals surface area contributed by atoms with E-state index in [2.05, 4.69) is 33.0 Å². The fourth-order valence-electron chi connectivity index (χ4n) is 3.03. The van der Waals surface area contributed by atoms with Gasteiger partial charge in [-0.2, -0.15) is 13.8 Å². The van der Waals surface area contributed by atoms with Gasteiger partial charge in [-0.1, -0.05) is 6.07 Å². The summed E-state index contributed by atoms with van der Waals surface area (Å²) in [6.45, 7) is 9.22. The molecule has 1 aromatic carbocycles. The number of benzene rings is 1. The van der Waals surface area contributed by atoms with Gasteiger partial charge in [0.1, 0.15) is 11.0 Å². The van der Waals surface area contributed by atoms with Crippen molar-refractivity contribution in [3.05, 3.63) is 40.7 Å². The highest BCUT2D eigenvalue weighted by Crippen LogP contribution is 2.17. The van der Waals surface area contributed by atoms with Crippen molar-refractivity contribution in [2.24, 2.45) is 0 Å². The van der Waals surface area contributed by atoms with Crippen molar-refractivity contribution >= 4 is 28.8 Å². The molecule has 2 amide bonds. The van der Waals surface area contributed by atoms with Crippen LogP contribution >= 0.6 is 11.7 Å². The summed E-state index contributed by atoms with van der Waals surface area (Å²) in [5.41, 5.74) is 5.92. The fourth-order valence-corrected chi connectivity index (χ4v) is 3.54. The molecule has 3 aromatic rings. The Bertz CT molecular complexity index is 929. The summed E-state index contributed by atoms with van der Waals surface area (Å²) < 4.78 is 10.4. The van der Waals surface area contributed by atoms with Crippen LogP contribution in [0.4, 0.5) is 4.79 Å². The number of hydrogen-bond donors (Lipinski definition) is 1. The van der Waals surface area contributed by atoms with Crippen molar-refractivity contribution in [1.29, 1.82) is 0 Å². The molecule has 2 heterocycles. The molecule has 0 saturated carbocycles. The van der Waals surface area contributed by atoms with Crippen molar-refractivity contribution in [3.8, 4) is 0 Å². The first-order valence-corrected chi connectivity index (χ1v) is 9.34. The number of aryl methyl sites for hydroxylation is 1. The largest absolute Gasteiger partial charge is 0.334 e. The van der Waals surface area contributed by atoms with E-state index in [9.17, 15) is 4.79 Å². The zero-order chi connectivity index (χ0) is 18.8. The SMILES string of the molecule is Cc1nn(C(C)C)c(C)c1CNC(=O)N(C)Cc1ccc2nsnc2c1. The minimum absolute atomic E-state index is 0.113. The number of hydrogen-bond acceptors (Lipinski definition) is 5. The van der Waals surface area contributed by atoms with Crippen LogP contribution in [0, 0.1) is 13.8 Å². The summed E-state index contributed by atoms with van der Waals surface area (Å²) in [5, 5.41) is 7.56. The highest BCUT2D eigenvalue weighted by molar-refractivity contribution is 7.00. The van der Waals surface area contributed by atoms with Crippen molar-refractivity contribution in [1.82, 2.24) is 28.7 Å². The fraction of sp³-hybridized carbons (Fsp3) is 0.444. The molecule has 0 saturated heterocycles. The van der Waals surface area contributed by atoms with Crippen LogP contribution in [0.2, 0.25) is 0 Å². The molecule has 0 atom stereocenters. The molecule has 0 unspecified atom stereocenters. The predicted octanol–water partition coefficient (Wildman–Crippen LogP) is 3.43. The number of nitrogens with one attached hydrogen (secondary N) is 1. The average Bonchev–Trinajstić information content (AvgIpc) is 3.17. The van der Waals surface area contributed by atoms with Gasteiger partial charge in [-0.25, -0.2) is 4.79 Å². The van der Waals surface area contributed by atoms with Gasteiger partial charge in [0.2, 0.25) is 0 Å². The van der Waals surface area contributed by atoms with E-state index in [1.807, 2.05) is 36.7 Å². The number of aromatic nitrogens is 4. The Morgan fingerprint density at radius 2 is 2.00 bits per heavy atom. The summed E-state index contributed by atoms with van der Waals surface area (Å²) in [6, 6.07) is 6.08. The highest BCUT2D eigenvalue weighted by Gasteiger charge is 2.15. The molecule has 0 aliphatic heterocycles. The van der Waals surface area contributed by atoms with E-state index in [-0.39, 0.29) is 6.03 Å². The summed E-state index contributed by atoms with van der Waals surface area (Å²) in [6.07, 6.45) is 0. The third kappa shape index (κ3) is 3.70. The Balaban J connectivity index is 1.62. The summed E-state index contributed by atoms with van der Waals surface area (Å²) in [5.74, 6) is 0. The lowest BCUT2D eigenvalue weighted by molar-refractivity contribution is 0.206. The number of urea groups is 1. The normalized spacial score (nSPS) is 11.3. The van der Waals surface area contributed by atoms with Crippen LogP contribution < -0.4 is 5.32 Å². The molecule has 0 fully saturated rings. The first kappa shape index (κ1) is 18.3. The molecule has 0 radical (unpaired) electrons. The van der Waals surface area contributed by atoms with Crippen LogP contribution in [0.1, 0.15) is 42.4 Å². The number of fused-ring (bicyclic) bond motifs is 1. The Kier molecular flexibility index (Phi) is 5.22. The maximum Gasteiger partial charge on any atom is 0.317 e. The summed E-state index contributed by atoms with van der Waals surface area (Å²) >= 11 is 1.20. The van der Waals surface area contributed by atoms with Crippen LogP contribution in [-0.4, -0.2) is 36.5 Å². The van der Waals surface area contributed by atoms with Crippen molar-refractivity contribution in [2.45, 2.75) is 46.8 Å². The third-order valence-corrected chi connectivity index (χ3v) is 5.02. The van der Waals surface area contributed by atoms with Gasteiger partial charge in [-0.15, -0.1) is 0 Å². The maximum absolute atomic E-state index is 12.5. The van der Waals surface area contributed by atoms with E-state index in [1.165, 1.54) is 11.7 Å². The number of nitrogens with zero attached hydrogens (tertiary/aromatic N) is 5. The second kappa shape index (κ2) is 7.41. The first-order valence-electron chi connectivity index (χ1n) is 8.61. The quantitative estimate of drug-likeness (QED) is 0.744. The summed E-state index contributed by atoms with van der Waals surface area (Å²) in [7, 11) is 1.79. The number of carbonyl (C=O) groups is 1. The molecule has 26 heavy (non-hydrogen) atoms. The van der Waals surface area contributed by atoms with Crippen molar-refractivity contribution < 1.29 is 4.79 Å². The van der Waals surface area contributed by atoms with E-state index in [0.29, 0.717) is 19.1 Å². The van der Waals surface area contributed by atoms with Gasteiger partial charge in [-0.05, 0) is 45.4 Å². The number of rotatable bonds is 5. The van der Waals surface area contributed by atoms with Crippen molar-refractivity contribution in [3.63, 3.8) is 0 Å². The molecule has 0 aliphatic carbocycles. The van der Waals surface area contributed by atoms with Crippen LogP contribution in [0.15, 0.2) is 18.2 Å². The molecular weight excluding hydrogens is 348 g/mol. The standard InChI is InChI=1S/C18H24N6OS/c1-11(2)24-13(4)15(12(3)20-24)9-19-18(25)23(5)10-14-6-7-16-17(8-14)22-26-21-16/h6-8,11H,9-10H2,1-5H3,(H,19,25). The second-order valence-electron chi connectivity index (χ2n) is 6.79. The van der Waals surface area contributed by atoms with E-state index in [4.69, 9.17) is 0 Å². The first-order chi connectivity index (χ1) is 12.4. The Labute approximate surface area is 157 Å². The smallest absolute Gasteiger partial charge is 0.317 e. The summed E-state index contributed by atoms with van der Waals surface area (Å²) in [4.78, 5) is 14.1. The molecule has 0 aliphatic rings. The monoisotopic (exact) mass is 372 g/mol. The number of amides is 2. The molecule has 138 valence electrons. The van der Waals surface area contributed by atoms with Crippen LogP contribution in [0.3, 0.4) is 0 Å². The lowest BCUT2D eigenvalue weighted by Gasteiger charge is -2.18. The Morgan fingerprint density at radius 3 is 2.69 bits per heavy atom. The highest BCUT2D eigenvalue weighted by atomic mass is 32.1. The lowest BCUT2D eigenvalue weighted by atomic mass is 10.2. The molecule has 1 N–H and O–H groups in total. The third-order valence-electron chi connectivity index (χ3n) is 4.46. The van der Waals surface area contributed by atoms with Gasteiger partial charge in [0.25, 0.3) is 0 Å². The van der Waals surface area contributed by atoms with Crippen LogP contribution in [0.5, 0.6) is 0 Å². The van der Waals surface area contributed by atoms with Crippen LogP contribution in [-0.2, 0) is 13.1 Å². The van der Waals surface area contributed by atoms with Gasteiger partial charge in [-0.3, -0.25) is 4.68 Å². The van der Waals surface area contributed by atoms with Crippen molar-refractivity contribution in [2.75, 3.05) is 7.05 Å². The number of carbonyl (C=O) groups excluding carboxylic acids is 1. The van der Waals surface area contributed by atoms with E-state index in [0.717, 1.165) is 33.5 Å². The molecular formula is C18H24N6OS. The molecule has 8 heteroatoms. The van der Waals surface area contributed by atoms with Gasteiger partial charge in [0.05, 0.1) is 17.4 Å². The topological polar surface area (TPSA) is 75.9 Å². The molecule has 7 nitrogen and oxygen atoms in total. The van der Waals surface area contributed by atoms with Gasteiger partial charge < -0.3 is 10.2 Å². The van der Waals surface area contributed by atoms with Gasteiger partial charge in [0, 0.05) is 37.4 Å². The van der Waals surface area contributed by atoms with Gasteiger partial charge in [0.15, 0.2) is 0 Å². The van der Waals surface area contributed by atoms with Gasteiger partial charge >= 0.3 is 6.03 Å². The van der Waals surface area contributed by atoms with E-state index < -0.39 is 0 Å². The van der Waals surface area contributed by atoms with Crippen LogP contribution in [0.25, 0.3) is 11.0 Å². The maximum atomic E-state index is 12.5. The minimum atomic E-state index is -0.113. The Morgan fingerprint density at radius 1 is 1.27 bits per heavy atom. The molecule has 3 rings (SSSR count). The molecule has 0 spiro atoms. The molecule has 0 bridgehead atoms. The zero-order valence-corrected chi connectivity index (χ0v) is 16.6.